The molecule has 2 aromatic carbocycles. The molecule has 5 heteroatoms. The molecule has 0 amide bonds. The molecule has 0 atom stereocenters. The lowest BCUT2D eigenvalue weighted by atomic mass is 9.96. The van der Waals surface area contributed by atoms with E-state index in [9.17, 15) is 0 Å². The lowest BCUT2D eigenvalue weighted by molar-refractivity contribution is 0.355. The van der Waals surface area contributed by atoms with Crippen molar-refractivity contribution in [2.45, 2.75) is 19.3 Å². The summed E-state index contributed by atoms with van der Waals surface area (Å²) in [6.07, 6.45) is 3.61. The number of anilines is 1. The number of methoxy groups -OCH3 is 2. The lowest BCUT2D eigenvalue weighted by Gasteiger charge is -2.19. The van der Waals surface area contributed by atoms with Crippen LogP contribution in [-0.2, 0) is 6.42 Å². The zero-order valence-corrected chi connectivity index (χ0v) is 15.7. The third-order valence-corrected chi connectivity index (χ3v) is 4.88. The van der Waals surface area contributed by atoms with Gasteiger partial charge in [-0.1, -0.05) is 30.3 Å². The van der Waals surface area contributed by atoms with E-state index >= 15 is 0 Å². The summed E-state index contributed by atoms with van der Waals surface area (Å²) in [4.78, 5) is 4.34. The Bertz CT molecular complexity index is 755. The minimum atomic E-state index is 0.344. The molecule has 0 spiro atoms. The highest BCUT2D eigenvalue weighted by Crippen LogP contribution is 2.47. The Hall–Kier alpha value is -2.69. The van der Waals surface area contributed by atoms with Crippen LogP contribution in [0.1, 0.15) is 18.4 Å². The summed E-state index contributed by atoms with van der Waals surface area (Å²) < 4.78 is 10.6. The second-order valence-corrected chi connectivity index (χ2v) is 6.78. The molecular weight excluding hydrogens is 326 g/mol. The molecule has 0 unspecified atom stereocenters. The van der Waals surface area contributed by atoms with Crippen LogP contribution in [0.4, 0.5) is 5.69 Å². The number of hydrogen-bond donors (Lipinski definition) is 2. The van der Waals surface area contributed by atoms with E-state index in [1.165, 1.54) is 18.4 Å². The molecule has 26 heavy (non-hydrogen) atoms. The Morgan fingerprint density at radius 3 is 2.38 bits per heavy atom. The first kappa shape index (κ1) is 18.1. The van der Waals surface area contributed by atoms with Gasteiger partial charge in [0.15, 0.2) is 17.5 Å². The standard InChI is InChI=1S/C21H27N3O2/c1-22-20(24-17-9-10-18(25-2)19(13-17)26-3)23-15-21(11-12-21)14-16-7-5-4-6-8-16/h4-10,13H,11-12,14-15H2,1-3H3,(H2,22,23,24). The number of guanidine groups is 1. The van der Waals surface area contributed by atoms with Gasteiger partial charge >= 0.3 is 0 Å². The molecule has 1 aliphatic rings. The molecule has 0 radical (unpaired) electrons. The third-order valence-electron chi connectivity index (χ3n) is 4.88. The highest BCUT2D eigenvalue weighted by atomic mass is 16.5. The summed E-state index contributed by atoms with van der Waals surface area (Å²) >= 11 is 0. The molecule has 0 heterocycles. The maximum Gasteiger partial charge on any atom is 0.195 e. The lowest BCUT2D eigenvalue weighted by Crippen LogP contribution is -2.36. The summed E-state index contributed by atoms with van der Waals surface area (Å²) in [5, 5.41) is 6.80. The molecule has 3 rings (SSSR count). The van der Waals surface area contributed by atoms with Crippen LogP contribution in [0.5, 0.6) is 11.5 Å². The number of benzene rings is 2. The van der Waals surface area contributed by atoms with Crippen molar-refractivity contribution in [2.24, 2.45) is 10.4 Å². The number of hydrogen-bond acceptors (Lipinski definition) is 3. The second kappa shape index (κ2) is 8.13. The number of rotatable bonds is 7. The molecular formula is C21H27N3O2. The fourth-order valence-corrected chi connectivity index (χ4v) is 3.12. The molecule has 0 aliphatic heterocycles. The molecule has 2 N–H and O–H groups in total. The fourth-order valence-electron chi connectivity index (χ4n) is 3.12. The zero-order chi connectivity index (χ0) is 18.4. The van der Waals surface area contributed by atoms with E-state index in [0.29, 0.717) is 16.9 Å². The fraction of sp³-hybridized carbons (Fsp3) is 0.381. The minimum absolute atomic E-state index is 0.344. The Kier molecular flexibility index (Phi) is 5.66. The number of ether oxygens (including phenoxy) is 2. The van der Waals surface area contributed by atoms with Gasteiger partial charge in [-0.3, -0.25) is 4.99 Å². The predicted molar refractivity (Wildman–Crippen MR) is 106 cm³/mol. The van der Waals surface area contributed by atoms with Gasteiger partial charge in [-0.2, -0.15) is 0 Å². The monoisotopic (exact) mass is 353 g/mol. The van der Waals surface area contributed by atoms with E-state index in [2.05, 4.69) is 46.0 Å². The van der Waals surface area contributed by atoms with Gasteiger partial charge in [0.1, 0.15) is 0 Å². The average molecular weight is 353 g/mol. The first-order chi connectivity index (χ1) is 12.7. The normalized spacial score (nSPS) is 15.3. The van der Waals surface area contributed by atoms with Crippen LogP contribution >= 0.6 is 0 Å². The van der Waals surface area contributed by atoms with Crippen molar-refractivity contribution >= 4 is 11.6 Å². The van der Waals surface area contributed by atoms with E-state index in [1.54, 1.807) is 21.3 Å². The van der Waals surface area contributed by atoms with Crippen LogP contribution < -0.4 is 20.1 Å². The first-order valence-corrected chi connectivity index (χ1v) is 8.92. The summed E-state index contributed by atoms with van der Waals surface area (Å²) in [7, 11) is 5.05. The molecule has 1 fully saturated rings. The van der Waals surface area contributed by atoms with Crippen molar-refractivity contribution in [3.63, 3.8) is 0 Å². The summed E-state index contributed by atoms with van der Waals surface area (Å²) in [6, 6.07) is 16.4. The van der Waals surface area contributed by atoms with Crippen LogP contribution in [0.15, 0.2) is 53.5 Å². The van der Waals surface area contributed by atoms with E-state index in [0.717, 1.165) is 24.6 Å². The minimum Gasteiger partial charge on any atom is -0.493 e. The number of aliphatic imine (C=N–C) groups is 1. The highest BCUT2D eigenvalue weighted by molar-refractivity contribution is 5.93. The third kappa shape index (κ3) is 4.48. The van der Waals surface area contributed by atoms with Crippen molar-refractivity contribution in [3.05, 3.63) is 54.1 Å². The van der Waals surface area contributed by atoms with Gasteiger partial charge in [-0.05, 0) is 42.4 Å². The van der Waals surface area contributed by atoms with Crippen molar-refractivity contribution in [2.75, 3.05) is 33.1 Å². The second-order valence-electron chi connectivity index (χ2n) is 6.78. The summed E-state index contributed by atoms with van der Waals surface area (Å²) in [5.41, 5.74) is 2.65. The van der Waals surface area contributed by atoms with Gasteiger partial charge in [0.25, 0.3) is 0 Å². The molecule has 0 saturated heterocycles. The SMILES string of the molecule is CN=C(NCC1(Cc2ccccc2)CC1)Nc1ccc(OC)c(OC)c1. The van der Waals surface area contributed by atoms with Crippen molar-refractivity contribution in [1.29, 1.82) is 0 Å². The molecule has 5 nitrogen and oxygen atoms in total. The van der Waals surface area contributed by atoms with Gasteiger partial charge < -0.3 is 20.1 Å². The largest absolute Gasteiger partial charge is 0.493 e. The topological polar surface area (TPSA) is 54.9 Å². The first-order valence-electron chi connectivity index (χ1n) is 8.92. The summed E-state index contributed by atoms with van der Waals surface area (Å²) in [5.74, 6) is 2.16. The van der Waals surface area contributed by atoms with Gasteiger partial charge in [0.2, 0.25) is 0 Å². The Morgan fingerprint density at radius 1 is 1.04 bits per heavy atom. The van der Waals surface area contributed by atoms with E-state index in [1.807, 2.05) is 18.2 Å². The Morgan fingerprint density at radius 2 is 1.77 bits per heavy atom. The van der Waals surface area contributed by atoms with Gasteiger partial charge in [0.05, 0.1) is 14.2 Å². The molecule has 0 aromatic heterocycles. The molecule has 0 bridgehead atoms. The maximum absolute atomic E-state index is 5.36. The number of nitrogens with zero attached hydrogens (tertiary/aromatic N) is 1. The van der Waals surface area contributed by atoms with Crippen LogP contribution in [-0.4, -0.2) is 33.8 Å². The highest BCUT2D eigenvalue weighted by Gasteiger charge is 2.42. The van der Waals surface area contributed by atoms with E-state index in [4.69, 9.17) is 9.47 Å². The van der Waals surface area contributed by atoms with Gasteiger partial charge in [0, 0.05) is 25.3 Å². The van der Waals surface area contributed by atoms with Crippen LogP contribution in [0, 0.1) is 5.41 Å². The molecule has 138 valence electrons. The van der Waals surface area contributed by atoms with Crippen LogP contribution in [0.2, 0.25) is 0 Å². The predicted octanol–water partition coefficient (Wildman–Crippen LogP) is 3.71. The van der Waals surface area contributed by atoms with Gasteiger partial charge in [-0.25, -0.2) is 0 Å². The maximum atomic E-state index is 5.36. The molecule has 1 saturated carbocycles. The average Bonchev–Trinajstić information content (AvgIpc) is 3.45. The Balaban J connectivity index is 1.59. The van der Waals surface area contributed by atoms with Crippen LogP contribution in [0.3, 0.4) is 0 Å². The van der Waals surface area contributed by atoms with Crippen molar-refractivity contribution in [3.8, 4) is 11.5 Å². The quantitative estimate of drug-likeness (QED) is 0.588. The Labute approximate surface area is 155 Å². The zero-order valence-electron chi connectivity index (χ0n) is 15.7. The van der Waals surface area contributed by atoms with Crippen molar-refractivity contribution < 1.29 is 9.47 Å². The summed E-state index contributed by atoms with van der Waals surface area (Å²) in [6.45, 7) is 0.912. The van der Waals surface area contributed by atoms with Crippen LogP contribution in [0.25, 0.3) is 0 Å². The number of nitrogens with one attached hydrogen (secondary N) is 2. The van der Waals surface area contributed by atoms with Crippen molar-refractivity contribution in [1.82, 2.24) is 5.32 Å². The molecule has 1 aliphatic carbocycles. The molecule has 2 aromatic rings. The van der Waals surface area contributed by atoms with Gasteiger partial charge in [-0.15, -0.1) is 0 Å². The smallest absolute Gasteiger partial charge is 0.195 e. The van der Waals surface area contributed by atoms with E-state index < -0.39 is 0 Å². The van der Waals surface area contributed by atoms with E-state index in [-0.39, 0.29) is 0 Å².